The van der Waals surface area contributed by atoms with Crippen molar-refractivity contribution in [2.45, 2.75) is 12.5 Å². The van der Waals surface area contributed by atoms with E-state index in [4.69, 9.17) is 14.4 Å². The molecule has 11 aromatic rings. The number of hydrogen-bond donors (Lipinski definition) is 0. The number of aromatic nitrogens is 1. The molecule has 0 bridgehead atoms. The lowest BCUT2D eigenvalue weighted by Crippen LogP contribution is -2.17. The van der Waals surface area contributed by atoms with Gasteiger partial charge in [0.15, 0.2) is 5.84 Å². The molecule has 0 saturated heterocycles. The van der Waals surface area contributed by atoms with Gasteiger partial charge in [-0.1, -0.05) is 140 Å². The smallest absolute Gasteiger partial charge is 0.155 e. The largest absolute Gasteiger partial charge is 0.456 e. The Morgan fingerprint density at radius 1 is 0.466 bits per heavy atom. The maximum Gasteiger partial charge on any atom is 0.155 e. The Morgan fingerprint density at radius 3 is 2.05 bits per heavy atom. The molecule has 1 aliphatic heterocycles. The van der Waals surface area contributed by atoms with Crippen LogP contribution in [0.5, 0.6) is 0 Å². The molecular formula is C54H35N3O. The van der Waals surface area contributed by atoms with E-state index in [1.807, 2.05) is 0 Å². The molecule has 0 fully saturated rings. The van der Waals surface area contributed by atoms with Crippen LogP contribution in [-0.4, -0.2) is 16.1 Å². The van der Waals surface area contributed by atoms with Crippen molar-refractivity contribution in [3.63, 3.8) is 0 Å². The SMILES string of the molecule is c1ccc(-c2cccc3c2c2ccccc2n3-c2ccc3oc4cc(C5=NC(c6ccc7ccccc7c6)=NC(c6ccc7ccccc7c6)C5)ccc4c3c2)cc1. The Hall–Kier alpha value is -7.56. The second-order valence-electron chi connectivity index (χ2n) is 15.3. The van der Waals surface area contributed by atoms with Gasteiger partial charge in [-0.05, 0) is 98.4 Å². The highest BCUT2D eigenvalue weighted by Crippen LogP contribution is 2.40. The summed E-state index contributed by atoms with van der Waals surface area (Å²) in [5, 5.41) is 9.47. The maximum atomic E-state index is 6.63. The van der Waals surface area contributed by atoms with Crippen LogP contribution >= 0.6 is 0 Å². The lowest BCUT2D eigenvalue weighted by molar-refractivity contribution is 0.668. The van der Waals surface area contributed by atoms with Crippen molar-refractivity contribution in [3.8, 4) is 16.8 Å². The van der Waals surface area contributed by atoms with Crippen LogP contribution in [0.4, 0.5) is 0 Å². The number of aliphatic imine (C=N–C) groups is 2. The summed E-state index contributed by atoms with van der Waals surface area (Å²) in [6, 6.07) is 69.3. The fraction of sp³-hybridized carbons (Fsp3) is 0.0370. The van der Waals surface area contributed by atoms with Gasteiger partial charge in [-0.15, -0.1) is 0 Å². The number of fused-ring (bicyclic) bond motifs is 8. The molecule has 3 heterocycles. The van der Waals surface area contributed by atoms with Crippen molar-refractivity contribution in [2.24, 2.45) is 9.98 Å². The number of amidine groups is 1. The summed E-state index contributed by atoms with van der Waals surface area (Å²) >= 11 is 0. The van der Waals surface area contributed by atoms with Crippen LogP contribution in [0.25, 0.3) is 82.1 Å². The van der Waals surface area contributed by atoms with Crippen molar-refractivity contribution in [3.05, 3.63) is 211 Å². The van der Waals surface area contributed by atoms with E-state index in [1.54, 1.807) is 0 Å². The molecule has 1 aliphatic rings. The number of para-hydroxylation sites is 1. The van der Waals surface area contributed by atoms with Gasteiger partial charge in [-0.2, -0.15) is 0 Å². The topological polar surface area (TPSA) is 42.8 Å². The van der Waals surface area contributed by atoms with Crippen LogP contribution in [0.2, 0.25) is 0 Å². The highest BCUT2D eigenvalue weighted by atomic mass is 16.3. The molecule has 4 heteroatoms. The van der Waals surface area contributed by atoms with Crippen molar-refractivity contribution in [1.82, 2.24) is 4.57 Å². The molecule has 0 saturated carbocycles. The molecule has 4 nitrogen and oxygen atoms in total. The van der Waals surface area contributed by atoms with Gasteiger partial charge in [0.1, 0.15) is 11.2 Å². The Bertz CT molecular complexity index is 3500. The summed E-state index contributed by atoms with van der Waals surface area (Å²) in [5.41, 5.74) is 11.8. The van der Waals surface area contributed by atoms with Crippen LogP contribution in [0, 0.1) is 0 Å². The maximum absolute atomic E-state index is 6.63. The van der Waals surface area contributed by atoms with E-state index in [2.05, 4.69) is 199 Å². The summed E-state index contributed by atoms with van der Waals surface area (Å²) < 4.78 is 9.02. The summed E-state index contributed by atoms with van der Waals surface area (Å²) in [7, 11) is 0. The zero-order chi connectivity index (χ0) is 38.2. The van der Waals surface area contributed by atoms with E-state index < -0.39 is 0 Å². The molecule has 1 atom stereocenters. The lowest BCUT2D eigenvalue weighted by Gasteiger charge is -2.22. The predicted molar refractivity (Wildman–Crippen MR) is 242 cm³/mol. The number of benzene rings is 9. The normalized spacial score (nSPS) is 14.5. The van der Waals surface area contributed by atoms with Crippen LogP contribution in [0.3, 0.4) is 0 Å². The third-order valence-corrected chi connectivity index (χ3v) is 11.9. The zero-order valence-electron chi connectivity index (χ0n) is 31.5. The Morgan fingerprint density at radius 2 is 1.19 bits per heavy atom. The molecule has 0 N–H and O–H groups in total. The quantitative estimate of drug-likeness (QED) is 0.173. The second-order valence-corrected chi connectivity index (χ2v) is 15.3. The van der Waals surface area contributed by atoms with Crippen molar-refractivity contribution >= 4 is 76.8 Å². The molecule has 0 radical (unpaired) electrons. The summed E-state index contributed by atoms with van der Waals surface area (Å²) in [6.45, 7) is 0. The molecule has 0 amide bonds. The molecule has 12 rings (SSSR count). The zero-order valence-corrected chi connectivity index (χ0v) is 31.5. The standard InChI is InChI=1S/C54H35N3O/c1-2-13-36(14-3-1)43-18-10-20-50-53(43)45-17-8-9-19-49(45)57(50)42-26-28-51-46(32-42)44-27-25-40(31-52(44)58-51)48-33-47(39-23-21-34-11-4-6-15-37(34)29-39)55-54(56-48)41-24-22-35-12-5-7-16-38(35)30-41/h1-32,47H,33H2. The van der Waals surface area contributed by atoms with Gasteiger partial charge in [0.25, 0.3) is 0 Å². The average molecular weight is 742 g/mol. The Balaban J connectivity index is 0.974. The van der Waals surface area contributed by atoms with Gasteiger partial charge in [-0.25, -0.2) is 4.99 Å². The summed E-state index contributed by atoms with van der Waals surface area (Å²) in [4.78, 5) is 10.6. The Kier molecular flexibility index (Phi) is 7.32. The minimum absolute atomic E-state index is 0.0823. The minimum atomic E-state index is -0.0823. The highest BCUT2D eigenvalue weighted by molar-refractivity contribution is 6.18. The number of furan rings is 1. The van der Waals surface area contributed by atoms with E-state index in [0.29, 0.717) is 6.42 Å². The van der Waals surface area contributed by atoms with Crippen molar-refractivity contribution in [1.29, 1.82) is 0 Å². The van der Waals surface area contributed by atoms with E-state index in [-0.39, 0.29) is 6.04 Å². The van der Waals surface area contributed by atoms with Crippen LogP contribution in [0.1, 0.15) is 29.2 Å². The lowest BCUT2D eigenvalue weighted by atomic mass is 9.93. The van der Waals surface area contributed by atoms with E-state index in [1.165, 1.54) is 60.0 Å². The molecule has 272 valence electrons. The van der Waals surface area contributed by atoms with Gasteiger partial charge in [0.2, 0.25) is 0 Å². The first-order chi connectivity index (χ1) is 28.7. The molecule has 58 heavy (non-hydrogen) atoms. The van der Waals surface area contributed by atoms with Crippen molar-refractivity contribution in [2.75, 3.05) is 0 Å². The molecule has 0 aliphatic carbocycles. The predicted octanol–water partition coefficient (Wildman–Crippen LogP) is 14.0. The first kappa shape index (κ1) is 32.7. The molecule has 0 spiro atoms. The van der Waals surface area contributed by atoms with Gasteiger partial charge >= 0.3 is 0 Å². The summed E-state index contributed by atoms with van der Waals surface area (Å²) in [5.74, 6) is 0.751. The van der Waals surface area contributed by atoms with E-state index in [9.17, 15) is 0 Å². The van der Waals surface area contributed by atoms with Crippen molar-refractivity contribution < 1.29 is 4.42 Å². The fourth-order valence-corrected chi connectivity index (χ4v) is 9.08. The molecule has 9 aromatic carbocycles. The second kappa shape index (κ2) is 13.0. The van der Waals surface area contributed by atoms with Gasteiger partial charge in [0, 0.05) is 39.2 Å². The Labute approximate surface area is 334 Å². The van der Waals surface area contributed by atoms with Gasteiger partial charge < -0.3 is 8.98 Å². The van der Waals surface area contributed by atoms with E-state index in [0.717, 1.165) is 50.3 Å². The monoisotopic (exact) mass is 741 g/mol. The number of hydrogen-bond acceptors (Lipinski definition) is 3. The van der Waals surface area contributed by atoms with Gasteiger partial charge in [0.05, 0.1) is 22.8 Å². The third kappa shape index (κ3) is 5.30. The highest BCUT2D eigenvalue weighted by Gasteiger charge is 2.24. The van der Waals surface area contributed by atoms with Gasteiger partial charge in [-0.3, -0.25) is 4.99 Å². The number of rotatable bonds is 5. The third-order valence-electron chi connectivity index (χ3n) is 11.9. The average Bonchev–Trinajstić information content (AvgIpc) is 3.84. The van der Waals surface area contributed by atoms with E-state index >= 15 is 0 Å². The first-order valence-electron chi connectivity index (χ1n) is 19.9. The minimum Gasteiger partial charge on any atom is -0.456 e. The van der Waals surface area contributed by atoms with Crippen LogP contribution < -0.4 is 0 Å². The fourth-order valence-electron chi connectivity index (χ4n) is 9.08. The summed E-state index contributed by atoms with van der Waals surface area (Å²) in [6.07, 6.45) is 0.685. The number of nitrogens with zero attached hydrogens (tertiary/aromatic N) is 3. The molecular weight excluding hydrogens is 707 g/mol. The van der Waals surface area contributed by atoms with Crippen LogP contribution in [-0.2, 0) is 0 Å². The molecule has 1 unspecified atom stereocenters. The first-order valence-corrected chi connectivity index (χ1v) is 19.9. The molecule has 2 aromatic heterocycles. The van der Waals surface area contributed by atoms with Crippen LogP contribution in [0.15, 0.2) is 209 Å².